The summed E-state index contributed by atoms with van der Waals surface area (Å²) in [5.41, 5.74) is 9.68. The van der Waals surface area contributed by atoms with Gasteiger partial charge in [0.15, 0.2) is 0 Å². The van der Waals surface area contributed by atoms with Crippen molar-refractivity contribution in [2.75, 3.05) is 11.1 Å². The zero-order valence-corrected chi connectivity index (χ0v) is 12.5. The quantitative estimate of drug-likeness (QED) is 0.756. The second-order valence-corrected chi connectivity index (χ2v) is 5.56. The third-order valence-corrected chi connectivity index (χ3v) is 3.70. The van der Waals surface area contributed by atoms with Gasteiger partial charge in [0.05, 0.1) is 11.4 Å². The lowest BCUT2D eigenvalue weighted by Gasteiger charge is -2.11. The molecule has 0 aromatic heterocycles. The molecule has 2 nitrogen and oxygen atoms in total. The predicted octanol–water partition coefficient (Wildman–Crippen LogP) is 4.85. The van der Waals surface area contributed by atoms with Crippen LogP contribution < -0.4 is 11.1 Å². The molecule has 0 amide bonds. The number of hydrogen-bond acceptors (Lipinski definition) is 2. The molecule has 0 heterocycles. The molecule has 2 aromatic carbocycles. The molecule has 0 saturated carbocycles. The Hall–Kier alpha value is -1.000. The fraction of sp³-hybridized carbons (Fsp3) is 0.0769. The number of aryl methyl sites for hydroxylation is 1. The Kier molecular flexibility index (Phi) is 3.74. The highest BCUT2D eigenvalue weighted by Crippen LogP contribution is 2.31. The van der Waals surface area contributed by atoms with Gasteiger partial charge in [-0.3, -0.25) is 0 Å². The number of hydrogen-bond donors (Lipinski definition) is 2. The van der Waals surface area contributed by atoms with Crippen LogP contribution >= 0.6 is 31.9 Å². The Labute approximate surface area is 117 Å². The summed E-state index contributed by atoms with van der Waals surface area (Å²) < 4.78 is 1.99. The zero-order chi connectivity index (χ0) is 12.4. The first-order chi connectivity index (χ1) is 8.06. The van der Waals surface area contributed by atoms with Crippen molar-refractivity contribution in [1.29, 1.82) is 0 Å². The highest BCUT2D eigenvalue weighted by molar-refractivity contribution is 9.11. The van der Waals surface area contributed by atoms with Crippen molar-refractivity contribution in [3.8, 4) is 0 Å². The molecule has 2 aromatic rings. The molecule has 0 unspecified atom stereocenters. The van der Waals surface area contributed by atoms with Crippen LogP contribution in [0.4, 0.5) is 17.1 Å². The van der Waals surface area contributed by atoms with E-state index in [1.54, 1.807) is 0 Å². The summed E-state index contributed by atoms with van der Waals surface area (Å²) in [5.74, 6) is 0. The average Bonchev–Trinajstić information content (AvgIpc) is 2.25. The van der Waals surface area contributed by atoms with Crippen molar-refractivity contribution in [1.82, 2.24) is 0 Å². The van der Waals surface area contributed by atoms with Gasteiger partial charge in [0, 0.05) is 14.6 Å². The molecule has 2 rings (SSSR count). The number of anilines is 3. The molecular weight excluding hydrogens is 344 g/mol. The maximum atomic E-state index is 5.70. The number of nitrogens with one attached hydrogen (secondary N) is 1. The Morgan fingerprint density at radius 3 is 2.12 bits per heavy atom. The van der Waals surface area contributed by atoms with Crippen molar-refractivity contribution in [2.45, 2.75) is 6.92 Å². The van der Waals surface area contributed by atoms with Crippen LogP contribution in [-0.2, 0) is 0 Å². The van der Waals surface area contributed by atoms with Gasteiger partial charge < -0.3 is 11.1 Å². The van der Waals surface area contributed by atoms with Crippen LogP contribution in [0.25, 0.3) is 0 Å². The lowest BCUT2D eigenvalue weighted by molar-refractivity contribution is 1.43. The van der Waals surface area contributed by atoms with Gasteiger partial charge in [0.25, 0.3) is 0 Å². The van der Waals surface area contributed by atoms with Crippen molar-refractivity contribution >= 4 is 48.9 Å². The Balaban J connectivity index is 2.31. The SMILES string of the molecule is Cc1ccc(Nc2ccc(N)cc2Br)c(Br)c1. The second kappa shape index (κ2) is 5.10. The van der Waals surface area contributed by atoms with Crippen molar-refractivity contribution < 1.29 is 0 Å². The first-order valence-corrected chi connectivity index (χ1v) is 6.73. The first kappa shape index (κ1) is 12.5. The fourth-order valence-corrected chi connectivity index (χ4v) is 2.59. The molecule has 0 aliphatic rings. The highest BCUT2D eigenvalue weighted by Gasteiger charge is 2.04. The number of rotatable bonds is 2. The minimum Gasteiger partial charge on any atom is -0.399 e. The molecule has 0 atom stereocenters. The van der Waals surface area contributed by atoms with Crippen LogP contribution in [0.15, 0.2) is 45.3 Å². The van der Waals surface area contributed by atoms with Gasteiger partial charge in [0.2, 0.25) is 0 Å². The van der Waals surface area contributed by atoms with E-state index in [-0.39, 0.29) is 0 Å². The van der Waals surface area contributed by atoms with Crippen LogP contribution in [-0.4, -0.2) is 0 Å². The molecule has 0 radical (unpaired) electrons. The van der Waals surface area contributed by atoms with E-state index in [0.717, 1.165) is 26.0 Å². The number of benzene rings is 2. The largest absolute Gasteiger partial charge is 0.399 e. The fourth-order valence-electron chi connectivity index (χ4n) is 1.50. The summed E-state index contributed by atoms with van der Waals surface area (Å²) in [7, 11) is 0. The summed E-state index contributed by atoms with van der Waals surface area (Å²) in [6.07, 6.45) is 0. The maximum absolute atomic E-state index is 5.70. The van der Waals surface area contributed by atoms with E-state index in [1.165, 1.54) is 5.56 Å². The monoisotopic (exact) mass is 354 g/mol. The third-order valence-electron chi connectivity index (χ3n) is 2.39. The highest BCUT2D eigenvalue weighted by atomic mass is 79.9. The minimum atomic E-state index is 0.741. The Morgan fingerprint density at radius 2 is 1.53 bits per heavy atom. The third kappa shape index (κ3) is 3.01. The van der Waals surface area contributed by atoms with Crippen molar-refractivity contribution in [3.05, 3.63) is 50.9 Å². The molecular formula is C13H12Br2N2. The molecule has 0 fully saturated rings. The van der Waals surface area contributed by atoms with Gasteiger partial charge in [-0.15, -0.1) is 0 Å². The van der Waals surface area contributed by atoms with Gasteiger partial charge in [-0.05, 0) is 74.7 Å². The van der Waals surface area contributed by atoms with Crippen LogP contribution in [0.3, 0.4) is 0 Å². The number of halogens is 2. The molecule has 0 saturated heterocycles. The molecule has 4 heteroatoms. The Morgan fingerprint density at radius 1 is 0.941 bits per heavy atom. The number of nitrogens with two attached hydrogens (primary N) is 1. The van der Waals surface area contributed by atoms with Gasteiger partial charge >= 0.3 is 0 Å². The first-order valence-electron chi connectivity index (χ1n) is 5.14. The average molecular weight is 356 g/mol. The molecule has 17 heavy (non-hydrogen) atoms. The van der Waals surface area contributed by atoms with Gasteiger partial charge in [-0.25, -0.2) is 0 Å². The Bertz CT molecular complexity index is 504. The van der Waals surface area contributed by atoms with Crippen LogP contribution in [0, 0.1) is 6.92 Å². The van der Waals surface area contributed by atoms with E-state index in [9.17, 15) is 0 Å². The lowest BCUT2D eigenvalue weighted by Crippen LogP contribution is -1.94. The van der Waals surface area contributed by atoms with Crippen molar-refractivity contribution in [2.24, 2.45) is 0 Å². The summed E-state index contributed by atoms with van der Waals surface area (Å²) in [6.45, 7) is 2.06. The van der Waals surface area contributed by atoms with Crippen LogP contribution in [0.2, 0.25) is 0 Å². The van der Waals surface area contributed by atoms with Crippen LogP contribution in [0.1, 0.15) is 5.56 Å². The summed E-state index contributed by atoms with van der Waals surface area (Å²) in [5, 5.41) is 3.35. The lowest BCUT2D eigenvalue weighted by atomic mass is 10.2. The van der Waals surface area contributed by atoms with E-state index in [4.69, 9.17) is 5.73 Å². The summed E-state index contributed by atoms with van der Waals surface area (Å²) in [6, 6.07) is 11.9. The molecule has 0 aliphatic carbocycles. The molecule has 0 bridgehead atoms. The topological polar surface area (TPSA) is 38.0 Å². The normalized spacial score (nSPS) is 10.3. The summed E-state index contributed by atoms with van der Waals surface area (Å²) in [4.78, 5) is 0. The second-order valence-electron chi connectivity index (χ2n) is 3.85. The van der Waals surface area contributed by atoms with Crippen molar-refractivity contribution in [3.63, 3.8) is 0 Å². The minimum absolute atomic E-state index is 0.741. The van der Waals surface area contributed by atoms with E-state index in [1.807, 2.05) is 24.3 Å². The zero-order valence-electron chi connectivity index (χ0n) is 9.30. The molecule has 3 N–H and O–H groups in total. The molecule has 0 aliphatic heterocycles. The smallest absolute Gasteiger partial charge is 0.0530 e. The summed E-state index contributed by atoms with van der Waals surface area (Å²) >= 11 is 7.03. The van der Waals surface area contributed by atoms with Gasteiger partial charge in [-0.1, -0.05) is 6.07 Å². The van der Waals surface area contributed by atoms with E-state index in [0.29, 0.717) is 0 Å². The van der Waals surface area contributed by atoms with E-state index < -0.39 is 0 Å². The number of nitrogen functional groups attached to an aromatic ring is 1. The molecule has 88 valence electrons. The van der Waals surface area contributed by atoms with Gasteiger partial charge in [-0.2, -0.15) is 0 Å². The van der Waals surface area contributed by atoms with Gasteiger partial charge in [0.1, 0.15) is 0 Å². The van der Waals surface area contributed by atoms with E-state index >= 15 is 0 Å². The van der Waals surface area contributed by atoms with Crippen LogP contribution in [0.5, 0.6) is 0 Å². The standard InChI is InChI=1S/C13H12Br2N2/c1-8-2-4-12(10(14)6-8)17-13-5-3-9(16)7-11(13)15/h2-7,17H,16H2,1H3. The maximum Gasteiger partial charge on any atom is 0.0530 e. The predicted molar refractivity (Wildman–Crippen MR) is 80.7 cm³/mol. The van der Waals surface area contributed by atoms with E-state index in [2.05, 4.69) is 56.2 Å². The molecule has 0 spiro atoms.